The fourth-order valence-electron chi connectivity index (χ4n) is 11.7. The van der Waals surface area contributed by atoms with Crippen molar-refractivity contribution in [2.45, 2.75) is 89.8 Å². The number of epoxide rings is 4. The van der Waals surface area contributed by atoms with E-state index in [0.29, 0.717) is 43.7 Å². The zero-order valence-corrected chi connectivity index (χ0v) is 59.2. The topological polar surface area (TPSA) is 229 Å². The molecule has 538 valence electrons. The van der Waals surface area contributed by atoms with E-state index in [4.69, 9.17) is 67.2 Å². The number of nitriles is 1. The van der Waals surface area contributed by atoms with Crippen LogP contribution in [0.1, 0.15) is 46.1 Å². The van der Waals surface area contributed by atoms with E-state index in [1.165, 1.54) is 48.5 Å². The summed E-state index contributed by atoms with van der Waals surface area (Å²) >= 11 is 0. The van der Waals surface area contributed by atoms with Crippen LogP contribution in [0.15, 0.2) is 205 Å². The Labute approximate surface area is 603 Å². The van der Waals surface area contributed by atoms with Crippen LogP contribution in [-0.2, 0) is 39.7 Å². The Morgan fingerprint density at radius 3 is 1.56 bits per heavy atom. The number of hydrogen-bond acceptors (Lipinski definition) is 17. The molecule has 0 radical (unpaired) electrons. The van der Waals surface area contributed by atoms with Crippen LogP contribution in [0.4, 0.5) is 0 Å². The zero-order valence-electron chi connectivity index (χ0n) is 58.4. The number of aliphatic hydroxyl groups is 2. The van der Waals surface area contributed by atoms with Crippen molar-refractivity contribution in [3.05, 3.63) is 221 Å². The average molecular weight is 1410 g/mol. The van der Waals surface area contributed by atoms with E-state index in [2.05, 4.69) is 87.5 Å². The minimum atomic E-state index is -0.825. The first-order chi connectivity index (χ1) is 49.3. The van der Waals surface area contributed by atoms with Gasteiger partial charge in [-0.3, -0.25) is 0 Å². The number of benzene rings is 8. The molecule has 0 bridgehead atoms. The summed E-state index contributed by atoms with van der Waals surface area (Å²) in [5.74, 6) is 5.94. The Morgan fingerprint density at radius 1 is 0.500 bits per heavy atom. The maximum atomic E-state index is 10.7. The molecule has 8 aromatic carbocycles. The predicted molar refractivity (Wildman–Crippen MR) is 397 cm³/mol. The lowest BCUT2D eigenvalue weighted by molar-refractivity contribution is -0.936. The molecule has 4 saturated heterocycles. The van der Waals surface area contributed by atoms with Gasteiger partial charge in [0.05, 0.1) is 64.8 Å². The van der Waals surface area contributed by atoms with Crippen LogP contribution in [-0.4, -0.2) is 167 Å². The van der Waals surface area contributed by atoms with Crippen LogP contribution < -0.4 is 34.1 Å². The minimum absolute atomic E-state index is 0. The van der Waals surface area contributed by atoms with Crippen LogP contribution in [0, 0.1) is 17.2 Å². The second-order valence-corrected chi connectivity index (χ2v) is 25.7. The van der Waals surface area contributed by atoms with E-state index in [0.717, 1.165) is 105 Å². The van der Waals surface area contributed by atoms with Crippen molar-refractivity contribution in [1.29, 1.82) is 5.26 Å². The van der Waals surface area contributed by atoms with Crippen LogP contribution in [0.25, 0.3) is 44.5 Å². The maximum Gasteiger partial charge on any atom is 0.123 e. The number of aliphatic hydroxyl groups excluding tert-OH is 2. The number of halogens is 1. The summed E-state index contributed by atoms with van der Waals surface area (Å²) in [7, 11) is 0. The van der Waals surface area contributed by atoms with Gasteiger partial charge in [0.25, 0.3) is 0 Å². The minimum Gasteiger partial charge on any atom is -0.508 e. The van der Waals surface area contributed by atoms with Gasteiger partial charge in [0, 0.05) is 29.4 Å². The molecule has 0 aromatic heterocycles. The molecule has 0 spiro atoms. The van der Waals surface area contributed by atoms with E-state index in [1.54, 1.807) is 36.4 Å². The Morgan fingerprint density at radius 2 is 1.01 bits per heavy atom. The number of fused-ring (bicyclic) bond motifs is 5. The monoisotopic (exact) mass is 1410 g/mol. The fraction of sp³-hybridized carbons (Fsp3) is 0.361. The Balaban J connectivity index is 0.000000180. The molecule has 4 heterocycles. The number of nitrogens with zero attached hydrogens (tertiary/aromatic N) is 2. The van der Waals surface area contributed by atoms with Gasteiger partial charge in [0.1, 0.15) is 141 Å². The molecule has 15 rings (SSSR count). The molecule has 4 aliphatic heterocycles. The highest BCUT2D eigenvalue weighted by atomic mass is 35.5. The van der Waals surface area contributed by atoms with Gasteiger partial charge in [0.15, 0.2) is 0 Å². The van der Waals surface area contributed by atoms with Gasteiger partial charge < -0.3 is 81.8 Å². The highest BCUT2D eigenvalue weighted by Crippen LogP contribution is 2.34. The van der Waals surface area contributed by atoms with Crippen molar-refractivity contribution in [2.24, 2.45) is 5.92 Å². The van der Waals surface area contributed by atoms with Crippen molar-refractivity contribution in [3.8, 4) is 46.3 Å². The average Bonchev–Trinajstić information content (AvgIpc) is 0.932. The largest absolute Gasteiger partial charge is 0.508 e. The van der Waals surface area contributed by atoms with E-state index < -0.39 is 12.2 Å². The van der Waals surface area contributed by atoms with Gasteiger partial charge in [-0.15, -0.1) is 12.4 Å². The summed E-state index contributed by atoms with van der Waals surface area (Å²) in [5, 5.41) is 55.3. The summed E-state index contributed by atoms with van der Waals surface area (Å²) in [6, 6.07) is 52.7. The van der Waals surface area contributed by atoms with Crippen molar-refractivity contribution >= 4 is 56.9 Å². The molecule has 4 N–H and O–H groups in total. The number of ether oxygens (including phenoxy) is 12. The number of aromatic hydroxyl groups is 2. The summed E-state index contributed by atoms with van der Waals surface area (Å²) < 4.78 is 68.9. The molecular weight excluding hydrogens is 1320 g/mol. The summed E-state index contributed by atoms with van der Waals surface area (Å²) in [5.41, 5.74) is 2.48. The first-order valence-electron chi connectivity index (χ1n) is 35.0. The molecule has 8 aromatic rings. The third-order valence-corrected chi connectivity index (χ3v) is 18.1. The highest BCUT2D eigenvalue weighted by molar-refractivity contribution is 5.89. The van der Waals surface area contributed by atoms with Gasteiger partial charge >= 0.3 is 0 Å². The van der Waals surface area contributed by atoms with E-state index in [9.17, 15) is 15.3 Å². The van der Waals surface area contributed by atoms with Crippen molar-refractivity contribution in [3.63, 3.8) is 0 Å². The second-order valence-electron chi connectivity index (χ2n) is 25.7. The molecule has 7 aliphatic rings. The van der Waals surface area contributed by atoms with E-state index in [-0.39, 0.29) is 86.8 Å². The molecule has 8 atom stereocenters. The standard InChI is InChI=1S/C42H44O10.C16H16O4.C13H22N.C10H8O2.C2H3N.ClH/c43-32(19-45-34-8-4-27-6-10-36(17-30(27)15-34)48-23-39-25-50-39)20-47-38-12-13-41-29(14-38)2-1-3-42(41)52-22-33(44)21-46-35-9-5-28-7-11-37(18-31(28)16-35)49-24-40-26-51-40;1-3-13(17-7-15-9-19-15)5-12-6-14(4-2-11(1)12)18-8-16-10-20-16;1-4-14(5-2,6-3)12-13-10-8-7-9-11-13;11-8-4-5-9-7(6-8)2-1-3-10(9)12;1-2-3;/h1,3-7,9-18,29,32-34,39-40,43-44H,2,8,19-26H2;1-6,15-16H,7-10H2;7-11H,4-6,12H2,1-3H3;1-6,11-12H;1H3;1H/q;;+1;;;. The molecule has 3 aliphatic carbocycles. The van der Waals surface area contributed by atoms with E-state index in [1.807, 2.05) is 103 Å². The molecule has 18 nitrogen and oxygen atoms in total. The third kappa shape index (κ3) is 23.5. The predicted octanol–water partition coefficient (Wildman–Crippen LogP) is 12.5. The zero-order chi connectivity index (χ0) is 70.3. The summed E-state index contributed by atoms with van der Waals surface area (Å²) in [4.78, 5) is 0. The van der Waals surface area contributed by atoms with Crippen molar-refractivity contribution in [2.75, 3.05) is 98.9 Å². The number of phenolic OH excluding ortho intramolecular Hbond substituents is 2. The Kier molecular flexibility index (Phi) is 27.9. The summed E-state index contributed by atoms with van der Waals surface area (Å²) in [6.07, 6.45) is 14.9. The van der Waals surface area contributed by atoms with Gasteiger partial charge in [-0.05, 0) is 180 Å². The molecule has 0 saturated carbocycles. The highest BCUT2D eigenvalue weighted by Gasteiger charge is 2.28. The maximum absolute atomic E-state index is 10.7. The van der Waals surface area contributed by atoms with Gasteiger partial charge in [-0.2, -0.15) is 5.26 Å². The fourth-order valence-corrected chi connectivity index (χ4v) is 11.7. The Hall–Kier alpha value is -9.10. The second kappa shape index (κ2) is 37.7. The van der Waals surface area contributed by atoms with Crippen LogP contribution in [0.5, 0.6) is 40.2 Å². The number of rotatable bonds is 29. The number of hydrogen-bond donors (Lipinski definition) is 4. The van der Waals surface area contributed by atoms with Crippen molar-refractivity contribution < 1.29 is 81.8 Å². The van der Waals surface area contributed by atoms with Crippen LogP contribution in [0.3, 0.4) is 0 Å². The van der Waals surface area contributed by atoms with Gasteiger partial charge in [-0.1, -0.05) is 91.0 Å². The Bertz CT molecular complexity index is 4270. The first kappa shape index (κ1) is 75.6. The third-order valence-electron chi connectivity index (χ3n) is 18.1. The summed E-state index contributed by atoms with van der Waals surface area (Å²) in [6.45, 7) is 19.1. The lowest BCUT2D eigenvalue weighted by atomic mass is 9.87. The quantitative estimate of drug-likeness (QED) is 0.0252. The normalized spacial score (nSPS) is 19.6. The molecular formula is C83H94ClN2O16+. The number of allylic oxidation sites excluding steroid dienone is 6. The number of quaternary nitrogens is 1. The van der Waals surface area contributed by atoms with Crippen molar-refractivity contribution in [1.82, 2.24) is 0 Å². The molecule has 8 unspecified atom stereocenters. The van der Waals surface area contributed by atoms with Crippen LogP contribution >= 0.6 is 12.4 Å². The van der Waals surface area contributed by atoms with Crippen LogP contribution in [0.2, 0.25) is 0 Å². The van der Waals surface area contributed by atoms with Gasteiger partial charge in [0.2, 0.25) is 0 Å². The molecule has 0 amide bonds. The smallest absolute Gasteiger partial charge is 0.123 e. The molecule has 102 heavy (non-hydrogen) atoms. The molecule has 19 heteroatoms. The first-order valence-corrected chi connectivity index (χ1v) is 35.0. The van der Waals surface area contributed by atoms with Gasteiger partial charge in [-0.25, -0.2) is 0 Å². The van der Waals surface area contributed by atoms with E-state index >= 15 is 0 Å². The molecule has 4 fully saturated rings. The lowest BCUT2D eigenvalue weighted by Gasteiger charge is -2.35. The SMILES string of the molecule is CC#N.CC[N+](CC)(CC)Cc1ccccc1.Cl.OC(COC1=C2C=CC(OCC(O)COC3C=c4cc(OCC5CO5)ccc4=CC3)=CC2CC=C1)COc1ccc2ccc(OCC3CO3)cc2c1.Oc1ccc2c(O)cccc2c1.c1cc2ccc(OCC3CO3)cc2cc1OCC1CO1. The number of phenols is 2. The lowest BCUT2D eigenvalue weighted by Crippen LogP contribution is -2.46.